The summed E-state index contributed by atoms with van der Waals surface area (Å²) in [6, 6.07) is 3.65. The molecule has 7 heteroatoms. The Kier molecular flexibility index (Phi) is 4.45. The molecule has 20 heavy (non-hydrogen) atoms. The molecule has 108 valence electrons. The van der Waals surface area contributed by atoms with E-state index in [1.165, 1.54) is 11.1 Å². The molecule has 1 atom stereocenters. The van der Waals surface area contributed by atoms with Crippen LogP contribution >= 0.6 is 0 Å². The van der Waals surface area contributed by atoms with Crippen LogP contribution in [0, 0.1) is 17.2 Å². The van der Waals surface area contributed by atoms with Crippen LogP contribution in [-0.4, -0.2) is 42.2 Å². The van der Waals surface area contributed by atoms with Gasteiger partial charge < -0.3 is 5.32 Å². The number of aromatic nitrogens is 1. The molecule has 1 fully saturated rings. The Morgan fingerprint density at radius 3 is 3.00 bits per heavy atom. The Balaban J connectivity index is 1.83. The SMILES string of the molecule is N#Cc1ccncc1NCC1CCN(CC(F)(F)F)C1. The van der Waals surface area contributed by atoms with Gasteiger partial charge in [-0.15, -0.1) is 0 Å². The van der Waals surface area contributed by atoms with Gasteiger partial charge in [0.2, 0.25) is 0 Å². The molecule has 0 spiro atoms. The molecule has 2 rings (SSSR count). The molecule has 0 aliphatic carbocycles. The van der Waals surface area contributed by atoms with Gasteiger partial charge in [0, 0.05) is 19.3 Å². The predicted molar refractivity (Wildman–Crippen MR) is 68.0 cm³/mol. The summed E-state index contributed by atoms with van der Waals surface area (Å²) in [6.45, 7) is 0.591. The molecule has 4 nitrogen and oxygen atoms in total. The molecule has 1 aromatic heterocycles. The van der Waals surface area contributed by atoms with Crippen molar-refractivity contribution < 1.29 is 13.2 Å². The average Bonchev–Trinajstić information content (AvgIpc) is 2.82. The minimum atomic E-state index is -4.14. The number of nitrogens with zero attached hydrogens (tertiary/aromatic N) is 3. The third-order valence-electron chi connectivity index (χ3n) is 3.30. The number of rotatable bonds is 4. The molecule has 0 bridgehead atoms. The van der Waals surface area contributed by atoms with E-state index in [-0.39, 0.29) is 5.92 Å². The van der Waals surface area contributed by atoms with Crippen LogP contribution in [0.5, 0.6) is 0 Å². The molecule has 1 unspecified atom stereocenters. The van der Waals surface area contributed by atoms with Crippen molar-refractivity contribution in [3.8, 4) is 6.07 Å². The number of hydrogen-bond donors (Lipinski definition) is 1. The first kappa shape index (κ1) is 14.6. The van der Waals surface area contributed by atoms with Crippen molar-refractivity contribution in [1.82, 2.24) is 9.88 Å². The molecule has 2 heterocycles. The van der Waals surface area contributed by atoms with Gasteiger partial charge in [-0.25, -0.2) is 0 Å². The average molecular weight is 284 g/mol. The Morgan fingerprint density at radius 2 is 2.30 bits per heavy atom. The number of pyridine rings is 1. The summed E-state index contributed by atoms with van der Waals surface area (Å²) in [5.41, 5.74) is 1.12. The molecule has 1 aliphatic rings. The van der Waals surface area contributed by atoms with Gasteiger partial charge in [0.05, 0.1) is 24.0 Å². The van der Waals surface area contributed by atoms with Gasteiger partial charge in [-0.3, -0.25) is 9.88 Å². The van der Waals surface area contributed by atoms with Crippen LogP contribution < -0.4 is 5.32 Å². The maximum Gasteiger partial charge on any atom is 0.401 e. The lowest BCUT2D eigenvalue weighted by molar-refractivity contribution is -0.143. The zero-order chi connectivity index (χ0) is 14.6. The fraction of sp³-hybridized carbons (Fsp3) is 0.538. The van der Waals surface area contributed by atoms with Crippen molar-refractivity contribution in [2.75, 3.05) is 31.5 Å². The first-order chi connectivity index (χ1) is 9.48. The van der Waals surface area contributed by atoms with E-state index in [9.17, 15) is 13.2 Å². The van der Waals surface area contributed by atoms with Crippen LogP contribution in [0.2, 0.25) is 0 Å². The van der Waals surface area contributed by atoms with Gasteiger partial charge in [0.25, 0.3) is 0 Å². The summed E-state index contributed by atoms with van der Waals surface area (Å²) in [6.07, 6.45) is -0.323. The van der Waals surface area contributed by atoms with Crippen molar-refractivity contribution in [3.63, 3.8) is 0 Å². The first-order valence-electron chi connectivity index (χ1n) is 6.35. The number of nitriles is 1. The number of likely N-dealkylation sites (tertiary alicyclic amines) is 1. The number of nitrogens with one attached hydrogen (secondary N) is 1. The number of hydrogen-bond acceptors (Lipinski definition) is 4. The van der Waals surface area contributed by atoms with E-state index in [0.717, 1.165) is 6.42 Å². The Labute approximate surface area is 115 Å². The van der Waals surface area contributed by atoms with Gasteiger partial charge in [0.15, 0.2) is 0 Å². The molecule has 0 amide bonds. The molecular weight excluding hydrogens is 269 g/mol. The van der Waals surface area contributed by atoms with Gasteiger partial charge in [-0.2, -0.15) is 18.4 Å². The zero-order valence-electron chi connectivity index (χ0n) is 10.8. The van der Waals surface area contributed by atoms with Crippen molar-refractivity contribution in [3.05, 3.63) is 24.0 Å². The van der Waals surface area contributed by atoms with E-state index in [2.05, 4.69) is 10.3 Å². The van der Waals surface area contributed by atoms with Crippen LogP contribution in [0.3, 0.4) is 0 Å². The van der Waals surface area contributed by atoms with E-state index in [1.807, 2.05) is 6.07 Å². The van der Waals surface area contributed by atoms with Crippen LogP contribution in [0.25, 0.3) is 0 Å². The van der Waals surface area contributed by atoms with Gasteiger partial charge >= 0.3 is 6.18 Å². The van der Waals surface area contributed by atoms with Gasteiger partial charge in [-0.1, -0.05) is 0 Å². The van der Waals surface area contributed by atoms with Gasteiger partial charge in [-0.05, 0) is 24.9 Å². The topological polar surface area (TPSA) is 52.0 Å². The normalized spacial score (nSPS) is 19.8. The minimum absolute atomic E-state index is 0.157. The highest BCUT2D eigenvalue weighted by molar-refractivity contribution is 5.55. The molecule has 1 N–H and O–H groups in total. The highest BCUT2D eigenvalue weighted by Gasteiger charge is 2.34. The van der Waals surface area contributed by atoms with E-state index in [0.29, 0.717) is 30.9 Å². The summed E-state index contributed by atoms with van der Waals surface area (Å²) in [4.78, 5) is 5.35. The van der Waals surface area contributed by atoms with Crippen molar-refractivity contribution in [1.29, 1.82) is 5.26 Å². The number of alkyl halides is 3. The third kappa shape index (κ3) is 4.10. The monoisotopic (exact) mass is 284 g/mol. The van der Waals surface area contributed by atoms with E-state index < -0.39 is 12.7 Å². The highest BCUT2D eigenvalue weighted by Crippen LogP contribution is 2.23. The quantitative estimate of drug-likeness (QED) is 0.921. The minimum Gasteiger partial charge on any atom is -0.382 e. The molecule has 1 aliphatic heterocycles. The lowest BCUT2D eigenvalue weighted by Crippen LogP contribution is -2.33. The lowest BCUT2D eigenvalue weighted by atomic mass is 10.1. The summed E-state index contributed by atoms with van der Waals surface area (Å²) >= 11 is 0. The third-order valence-corrected chi connectivity index (χ3v) is 3.30. The molecule has 1 saturated heterocycles. The Bertz CT molecular complexity index is 495. The number of anilines is 1. The largest absolute Gasteiger partial charge is 0.401 e. The second-order valence-electron chi connectivity index (χ2n) is 4.92. The highest BCUT2D eigenvalue weighted by atomic mass is 19.4. The molecule has 0 aromatic carbocycles. The summed E-state index contributed by atoms with van der Waals surface area (Å²) in [7, 11) is 0. The van der Waals surface area contributed by atoms with Crippen molar-refractivity contribution >= 4 is 5.69 Å². The molecule has 1 aromatic rings. The van der Waals surface area contributed by atoms with Crippen LogP contribution in [-0.2, 0) is 0 Å². The smallest absolute Gasteiger partial charge is 0.382 e. The fourth-order valence-electron chi connectivity index (χ4n) is 2.36. The van der Waals surface area contributed by atoms with Crippen LogP contribution in [0.4, 0.5) is 18.9 Å². The van der Waals surface area contributed by atoms with E-state index in [4.69, 9.17) is 5.26 Å². The predicted octanol–water partition coefficient (Wildman–Crippen LogP) is 2.25. The zero-order valence-corrected chi connectivity index (χ0v) is 10.8. The molecular formula is C13H15F3N4. The van der Waals surface area contributed by atoms with E-state index >= 15 is 0 Å². The summed E-state index contributed by atoms with van der Waals surface area (Å²) < 4.78 is 36.8. The molecule has 0 radical (unpaired) electrons. The maximum absolute atomic E-state index is 12.3. The van der Waals surface area contributed by atoms with E-state index in [1.54, 1.807) is 12.3 Å². The molecule has 0 saturated carbocycles. The van der Waals surface area contributed by atoms with Crippen molar-refractivity contribution in [2.45, 2.75) is 12.6 Å². The lowest BCUT2D eigenvalue weighted by Gasteiger charge is -2.18. The standard InChI is InChI=1S/C13H15F3N4/c14-13(15,16)9-20-4-2-10(8-20)6-19-12-7-18-3-1-11(12)5-17/h1,3,7,10,19H,2,4,6,8-9H2. The van der Waals surface area contributed by atoms with Crippen LogP contribution in [0.1, 0.15) is 12.0 Å². The first-order valence-corrected chi connectivity index (χ1v) is 6.35. The Morgan fingerprint density at radius 1 is 1.50 bits per heavy atom. The second-order valence-corrected chi connectivity index (χ2v) is 4.92. The fourth-order valence-corrected chi connectivity index (χ4v) is 2.36. The second kappa shape index (κ2) is 6.09. The van der Waals surface area contributed by atoms with Gasteiger partial charge in [0.1, 0.15) is 6.07 Å². The van der Waals surface area contributed by atoms with Crippen molar-refractivity contribution in [2.24, 2.45) is 5.92 Å². The number of halogens is 3. The Hall–Kier alpha value is -1.81. The summed E-state index contributed by atoms with van der Waals surface area (Å²) in [5.74, 6) is 0.157. The maximum atomic E-state index is 12.3. The summed E-state index contributed by atoms with van der Waals surface area (Å²) in [5, 5.41) is 12.0. The van der Waals surface area contributed by atoms with Crippen LogP contribution in [0.15, 0.2) is 18.5 Å².